The zero-order valence-electron chi connectivity index (χ0n) is 8.29. The van der Waals surface area contributed by atoms with Crippen molar-refractivity contribution in [1.29, 1.82) is 0 Å². The zero-order valence-corrected chi connectivity index (χ0v) is 9.10. The van der Waals surface area contributed by atoms with Gasteiger partial charge in [-0.25, -0.2) is 0 Å². The molecule has 2 unspecified atom stereocenters. The van der Waals surface area contributed by atoms with Crippen molar-refractivity contribution in [2.75, 3.05) is 13.2 Å². The summed E-state index contributed by atoms with van der Waals surface area (Å²) >= 11 is 4.65. The lowest BCUT2D eigenvalue weighted by Crippen LogP contribution is -2.39. The molecule has 1 aliphatic rings. The van der Waals surface area contributed by atoms with Crippen molar-refractivity contribution >= 4 is 23.1 Å². The standard InChI is InChI=1S/C9H16N2O2S/c1-6(7-2-3-13-5-7)11-9(12)4-8(10)14/h6-7H,2-5H2,1H3,(H2,10,14)(H,11,12). The average Bonchev–Trinajstić information content (AvgIpc) is 2.53. The first-order valence-corrected chi connectivity index (χ1v) is 5.16. The van der Waals surface area contributed by atoms with Crippen LogP contribution in [0.2, 0.25) is 0 Å². The topological polar surface area (TPSA) is 64.4 Å². The van der Waals surface area contributed by atoms with Crippen LogP contribution in [0.5, 0.6) is 0 Å². The molecule has 1 heterocycles. The normalized spacial score (nSPS) is 23.1. The maximum absolute atomic E-state index is 11.3. The highest BCUT2D eigenvalue weighted by Gasteiger charge is 2.23. The van der Waals surface area contributed by atoms with Gasteiger partial charge in [0.05, 0.1) is 18.0 Å². The molecule has 1 amide bonds. The lowest BCUT2D eigenvalue weighted by Gasteiger charge is -2.18. The van der Waals surface area contributed by atoms with Crippen LogP contribution in [0.4, 0.5) is 0 Å². The van der Waals surface area contributed by atoms with Crippen molar-refractivity contribution in [1.82, 2.24) is 5.32 Å². The van der Waals surface area contributed by atoms with Gasteiger partial charge in [0.15, 0.2) is 0 Å². The molecule has 2 atom stereocenters. The number of hydrogen-bond donors (Lipinski definition) is 2. The summed E-state index contributed by atoms with van der Waals surface area (Å²) < 4.78 is 5.24. The molecule has 1 aliphatic heterocycles. The van der Waals surface area contributed by atoms with Crippen LogP contribution in [-0.2, 0) is 9.53 Å². The van der Waals surface area contributed by atoms with Crippen LogP contribution in [0.25, 0.3) is 0 Å². The molecule has 0 aromatic heterocycles. The predicted molar refractivity (Wildman–Crippen MR) is 57.9 cm³/mol. The van der Waals surface area contributed by atoms with Crippen LogP contribution in [0.3, 0.4) is 0 Å². The summed E-state index contributed by atoms with van der Waals surface area (Å²) in [6, 6.07) is 0.138. The van der Waals surface area contributed by atoms with Gasteiger partial charge in [-0.3, -0.25) is 4.79 Å². The maximum Gasteiger partial charge on any atom is 0.227 e. The Morgan fingerprint density at radius 2 is 2.50 bits per heavy atom. The van der Waals surface area contributed by atoms with E-state index in [9.17, 15) is 4.79 Å². The average molecular weight is 216 g/mol. The number of amides is 1. The summed E-state index contributed by atoms with van der Waals surface area (Å²) in [5.74, 6) is 0.321. The number of nitrogens with two attached hydrogens (primary N) is 1. The van der Waals surface area contributed by atoms with Crippen LogP contribution >= 0.6 is 12.2 Å². The van der Waals surface area contributed by atoms with Gasteiger partial charge in [0.25, 0.3) is 0 Å². The van der Waals surface area contributed by atoms with Gasteiger partial charge in [-0.2, -0.15) is 0 Å². The molecule has 1 fully saturated rings. The van der Waals surface area contributed by atoms with E-state index in [1.165, 1.54) is 0 Å². The molecular formula is C9H16N2O2S. The third-order valence-electron chi connectivity index (χ3n) is 2.40. The minimum absolute atomic E-state index is 0.100. The Hall–Kier alpha value is -0.680. The molecule has 80 valence electrons. The lowest BCUT2D eigenvalue weighted by atomic mass is 10.0. The number of ether oxygens (including phenoxy) is 1. The van der Waals surface area contributed by atoms with Gasteiger partial charge >= 0.3 is 0 Å². The quantitative estimate of drug-likeness (QED) is 0.659. The summed E-state index contributed by atoms with van der Waals surface area (Å²) in [6.07, 6.45) is 1.14. The lowest BCUT2D eigenvalue weighted by molar-refractivity contribution is -0.120. The predicted octanol–water partition coefficient (Wildman–Crippen LogP) is 0.204. The fraction of sp³-hybridized carbons (Fsp3) is 0.778. The van der Waals surface area contributed by atoms with E-state index in [1.807, 2.05) is 6.92 Å². The van der Waals surface area contributed by atoms with Crippen molar-refractivity contribution in [3.63, 3.8) is 0 Å². The molecule has 1 saturated heterocycles. The van der Waals surface area contributed by atoms with Gasteiger partial charge in [0.2, 0.25) is 5.91 Å². The first-order chi connectivity index (χ1) is 6.59. The first-order valence-electron chi connectivity index (χ1n) is 4.75. The fourth-order valence-corrected chi connectivity index (χ4v) is 1.66. The summed E-state index contributed by atoms with van der Waals surface area (Å²) in [5, 5.41) is 2.87. The molecule has 0 aliphatic carbocycles. The smallest absolute Gasteiger partial charge is 0.227 e. The van der Waals surface area contributed by atoms with E-state index in [0.29, 0.717) is 5.92 Å². The van der Waals surface area contributed by atoms with Gasteiger partial charge in [0.1, 0.15) is 0 Å². The maximum atomic E-state index is 11.3. The van der Waals surface area contributed by atoms with Crippen LogP contribution in [0.15, 0.2) is 0 Å². The number of nitrogens with one attached hydrogen (secondary N) is 1. The van der Waals surface area contributed by atoms with Gasteiger partial charge in [-0.1, -0.05) is 12.2 Å². The molecule has 14 heavy (non-hydrogen) atoms. The second kappa shape index (κ2) is 5.26. The number of carbonyl (C=O) groups excluding carboxylic acids is 1. The molecule has 0 bridgehead atoms. The Balaban J connectivity index is 2.28. The third kappa shape index (κ3) is 3.59. The number of carbonyl (C=O) groups is 1. The first kappa shape index (κ1) is 11.4. The molecule has 4 nitrogen and oxygen atoms in total. The van der Waals surface area contributed by atoms with Gasteiger partial charge < -0.3 is 15.8 Å². The summed E-state index contributed by atoms with van der Waals surface area (Å²) in [4.78, 5) is 11.5. The largest absolute Gasteiger partial charge is 0.393 e. The number of rotatable bonds is 4. The fourth-order valence-electron chi connectivity index (χ4n) is 1.53. The summed E-state index contributed by atoms with van der Waals surface area (Å²) in [6.45, 7) is 3.51. The number of hydrogen-bond acceptors (Lipinski definition) is 3. The zero-order chi connectivity index (χ0) is 10.6. The molecule has 0 spiro atoms. The van der Waals surface area contributed by atoms with Crippen LogP contribution in [0, 0.1) is 5.92 Å². The highest BCUT2D eigenvalue weighted by molar-refractivity contribution is 7.80. The summed E-state index contributed by atoms with van der Waals surface area (Å²) in [5.41, 5.74) is 5.27. The van der Waals surface area contributed by atoms with Gasteiger partial charge in [-0.05, 0) is 13.3 Å². The second-order valence-electron chi connectivity index (χ2n) is 3.62. The molecule has 0 radical (unpaired) electrons. The minimum Gasteiger partial charge on any atom is -0.393 e. The second-order valence-corrected chi connectivity index (χ2v) is 4.15. The number of thiocarbonyl (C=S) groups is 1. The van der Waals surface area contributed by atoms with Crippen molar-refractivity contribution in [3.8, 4) is 0 Å². The Bertz CT molecular complexity index is 227. The van der Waals surface area contributed by atoms with Gasteiger partial charge in [-0.15, -0.1) is 0 Å². The van der Waals surface area contributed by atoms with Crippen molar-refractivity contribution in [3.05, 3.63) is 0 Å². The Morgan fingerprint density at radius 1 is 1.79 bits per heavy atom. The Kier molecular flexibility index (Phi) is 4.28. The van der Waals surface area contributed by atoms with Crippen molar-refractivity contribution < 1.29 is 9.53 Å². The van der Waals surface area contributed by atoms with Crippen LogP contribution in [-0.4, -0.2) is 30.2 Å². The van der Waals surface area contributed by atoms with E-state index in [4.69, 9.17) is 10.5 Å². The molecule has 5 heteroatoms. The molecule has 0 saturated carbocycles. The van der Waals surface area contributed by atoms with E-state index in [0.717, 1.165) is 19.6 Å². The Morgan fingerprint density at radius 3 is 3.00 bits per heavy atom. The van der Waals surface area contributed by atoms with E-state index >= 15 is 0 Å². The molecule has 0 aromatic rings. The van der Waals surface area contributed by atoms with Gasteiger partial charge in [0, 0.05) is 18.6 Å². The van der Waals surface area contributed by atoms with E-state index in [-0.39, 0.29) is 23.4 Å². The Labute approximate surface area is 89.2 Å². The minimum atomic E-state index is -0.100. The molecule has 1 rings (SSSR count). The van der Waals surface area contributed by atoms with Crippen molar-refractivity contribution in [2.24, 2.45) is 11.7 Å². The SMILES string of the molecule is CC(NC(=O)CC(N)=S)C1CCOC1. The van der Waals surface area contributed by atoms with Crippen LogP contribution < -0.4 is 11.1 Å². The highest BCUT2D eigenvalue weighted by Crippen LogP contribution is 2.16. The monoisotopic (exact) mass is 216 g/mol. The van der Waals surface area contributed by atoms with Crippen molar-refractivity contribution in [2.45, 2.75) is 25.8 Å². The molecule has 3 N–H and O–H groups in total. The molecule has 0 aromatic carbocycles. The van der Waals surface area contributed by atoms with Crippen LogP contribution in [0.1, 0.15) is 19.8 Å². The highest BCUT2D eigenvalue weighted by atomic mass is 32.1. The summed E-state index contributed by atoms with van der Waals surface area (Å²) in [7, 11) is 0. The van der Waals surface area contributed by atoms with E-state index in [1.54, 1.807) is 0 Å². The third-order valence-corrected chi connectivity index (χ3v) is 2.54. The molecular weight excluding hydrogens is 200 g/mol. The van der Waals surface area contributed by atoms with E-state index < -0.39 is 0 Å². The van der Waals surface area contributed by atoms with E-state index in [2.05, 4.69) is 17.5 Å².